The van der Waals surface area contributed by atoms with E-state index in [1.54, 1.807) is 6.92 Å². The van der Waals surface area contributed by atoms with Gasteiger partial charge >= 0.3 is 5.97 Å². The number of hydrogen-bond acceptors (Lipinski definition) is 3. The molecule has 1 saturated carbocycles. The smallest absolute Gasteiger partial charge is 0.317 e. The van der Waals surface area contributed by atoms with E-state index in [2.05, 4.69) is 5.32 Å². The minimum Gasteiger partial charge on any atom is -0.480 e. The molecule has 1 unspecified atom stereocenters. The molecule has 5 nitrogen and oxygen atoms in total. The number of aliphatic carboxylic acids is 1. The van der Waals surface area contributed by atoms with Crippen LogP contribution in [0, 0.1) is 5.92 Å². The number of nitrogens with zero attached hydrogens (tertiary/aromatic N) is 1. The zero-order chi connectivity index (χ0) is 14.4. The largest absolute Gasteiger partial charge is 0.480 e. The summed E-state index contributed by atoms with van der Waals surface area (Å²) in [5.41, 5.74) is 0. The highest BCUT2D eigenvalue weighted by atomic mass is 16.4. The molecule has 5 heteroatoms. The summed E-state index contributed by atoms with van der Waals surface area (Å²) < 4.78 is 0. The van der Waals surface area contributed by atoms with Crippen LogP contribution in [0.15, 0.2) is 0 Å². The Bertz CT molecular complexity index is 312. The van der Waals surface area contributed by atoms with Crippen LogP contribution in [0.1, 0.15) is 46.5 Å². The van der Waals surface area contributed by atoms with Crippen molar-refractivity contribution in [1.29, 1.82) is 0 Å². The van der Waals surface area contributed by atoms with Crippen molar-refractivity contribution in [2.75, 3.05) is 13.1 Å². The van der Waals surface area contributed by atoms with Crippen molar-refractivity contribution >= 4 is 11.9 Å². The first-order valence-electron chi connectivity index (χ1n) is 7.17. The number of hydrogen-bond donors (Lipinski definition) is 2. The van der Waals surface area contributed by atoms with Crippen molar-refractivity contribution in [1.82, 2.24) is 10.2 Å². The van der Waals surface area contributed by atoms with Gasteiger partial charge in [-0.15, -0.1) is 0 Å². The number of carbonyl (C=O) groups excluding carboxylic acids is 1. The molecule has 1 rings (SSSR count). The third-order valence-electron chi connectivity index (χ3n) is 3.67. The van der Waals surface area contributed by atoms with E-state index >= 15 is 0 Å². The minimum absolute atomic E-state index is 0.0546. The van der Waals surface area contributed by atoms with E-state index in [0.717, 1.165) is 25.7 Å². The molecular weight excluding hydrogens is 244 g/mol. The summed E-state index contributed by atoms with van der Waals surface area (Å²) in [6.07, 6.45) is 4.24. The molecule has 0 aromatic heterocycles. The van der Waals surface area contributed by atoms with Crippen molar-refractivity contribution in [3.63, 3.8) is 0 Å². The maximum Gasteiger partial charge on any atom is 0.317 e. The Morgan fingerprint density at radius 3 is 2.32 bits per heavy atom. The number of carboxylic acids is 1. The third-order valence-corrected chi connectivity index (χ3v) is 3.67. The summed E-state index contributed by atoms with van der Waals surface area (Å²) in [7, 11) is 0. The van der Waals surface area contributed by atoms with Crippen LogP contribution in [0.2, 0.25) is 0 Å². The number of nitrogens with one attached hydrogen (secondary N) is 1. The lowest BCUT2D eigenvalue weighted by Gasteiger charge is -2.32. The molecule has 1 atom stereocenters. The highest BCUT2D eigenvalue weighted by Gasteiger charge is 2.31. The number of amides is 1. The van der Waals surface area contributed by atoms with Crippen molar-refractivity contribution in [2.45, 2.75) is 58.5 Å². The van der Waals surface area contributed by atoms with Crippen molar-refractivity contribution in [3.05, 3.63) is 0 Å². The predicted molar refractivity (Wildman–Crippen MR) is 73.9 cm³/mol. The molecule has 2 N–H and O–H groups in total. The zero-order valence-corrected chi connectivity index (χ0v) is 12.2. The predicted octanol–water partition coefficient (Wildman–Crippen LogP) is 1.48. The van der Waals surface area contributed by atoms with Gasteiger partial charge in [-0.05, 0) is 25.7 Å². The van der Waals surface area contributed by atoms with Crippen LogP contribution < -0.4 is 5.32 Å². The van der Waals surface area contributed by atoms with Gasteiger partial charge in [0.15, 0.2) is 0 Å². The van der Waals surface area contributed by atoms with Crippen molar-refractivity contribution < 1.29 is 14.7 Å². The Balaban J connectivity index is 2.61. The maximum atomic E-state index is 12.1. The molecule has 0 saturated heterocycles. The van der Waals surface area contributed by atoms with E-state index < -0.39 is 5.97 Å². The first kappa shape index (κ1) is 16.0. The van der Waals surface area contributed by atoms with E-state index in [1.807, 2.05) is 18.7 Å². The molecule has 1 aliphatic carbocycles. The monoisotopic (exact) mass is 270 g/mol. The van der Waals surface area contributed by atoms with Crippen LogP contribution in [0.3, 0.4) is 0 Å². The molecule has 19 heavy (non-hydrogen) atoms. The molecule has 0 aromatic carbocycles. The standard InChI is InChI=1S/C14H26N2O3/c1-10(2)8-15-14(19)11(3)16(9-13(17)18)12-6-4-5-7-12/h10-12H,4-9H2,1-3H3,(H,15,19)(H,17,18). The van der Waals surface area contributed by atoms with Gasteiger partial charge in [-0.1, -0.05) is 26.7 Å². The van der Waals surface area contributed by atoms with Crippen LogP contribution in [-0.2, 0) is 9.59 Å². The lowest BCUT2D eigenvalue weighted by atomic mass is 10.1. The van der Waals surface area contributed by atoms with Gasteiger partial charge < -0.3 is 10.4 Å². The minimum atomic E-state index is -0.865. The second-order valence-corrected chi connectivity index (χ2v) is 5.82. The maximum absolute atomic E-state index is 12.1. The van der Waals surface area contributed by atoms with Gasteiger partial charge in [0.1, 0.15) is 0 Å². The molecular formula is C14H26N2O3. The fourth-order valence-corrected chi connectivity index (χ4v) is 2.58. The molecule has 110 valence electrons. The molecule has 0 aromatic rings. The summed E-state index contributed by atoms with van der Waals surface area (Å²) >= 11 is 0. The first-order chi connectivity index (χ1) is 8.91. The summed E-state index contributed by atoms with van der Waals surface area (Å²) in [5.74, 6) is -0.534. The Hall–Kier alpha value is -1.10. The number of carboxylic acid groups (broad SMARTS) is 1. The fourth-order valence-electron chi connectivity index (χ4n) is 2.58. The summed E-state index contributed by atoms with van der Waals surface area (Å²) in [6.45, 7) is 6.46. The average Bonchev–Trinajstić information content (AvgIpc) is 2.85. The molecule has 0 bridgehead atoms. The van der Waals surface area contributed by atoms with Gasteiger partial charge in [-0.25, -0.2) is 0 Å². The van der Waals surface area contributed by atoms with Crippen LogP contribution >= 0.6 is 0 Å². The molecule has 1 amide bonds. The quantitative estimate of drug-likeness (QED) is 0.735. The second-order valence-electron chi connectivity index (χ2n) is 5.82. The third kappa shape index (κ3) is 5.19. The molecule has 1 aliphatic rings. The highest BCUT2D eigenvalue weighted by molar-refractivity contribution is 5.82. The van der Waals surface area contributed by atoms with Gasteiger partial charge in [0.2, 0.25) is 5.91 Å². The molecule has 1 fully saturated rings. The topological polar surface area (TPSA) is 69.6 Å². The summed E-state index contributed by atoms with van der Waals surface area (Å²) in [5, 5.41) is 11.9. The van der Waals surface area contributed by atoms with Crippen molar-refractivity contribution in [3.8, 4) is 0 Å². The van der Waals surface area contributed by atoms with Gasteiger partial charge in [0, 0.05) is 12.6 Å². The summed E-state index contributed by atoms with van der Waals surface area (Å²) in [4.78, 5) is 24.9. The van der Waals surface area contributed by atoms with Crippen LogP contribution in [0.25, 0.3) is 0 Å². The molecule has 0 radical (unpaired) electrons. The fraction of sp³-hybridized carbons (Fsp3) is 0.857. The van der Waals surface area contributed by atoms with Gasteiger partial charge in [-0.2, -0.15) is 0 Å². The van der Waals surface area contributed by atoms with Gasteiger partial charge in [-0.3, -0.25) is 14.5 Å². The second kappa shape index (κ2) is 7.48. The van der Waals surface area contributed by atoms with E-state index in [9.17, 15) is 9.59 Å². The summed E-state index contributed by atoms with van der Waals surface area (Å²) in [6, 6.07) is -0.145. The molecule has 0 heterocycles. The molecule has 0 spiro atoms. The van der Waals surface area contributed by atoms with E-state index in [-0.39, 0.29) is 24.5 Å². The van der Waals surface area contributed by atoms with E-state index in [0.29, 0.717) is 12.5 Å². The Labute approximate surface area is 115 Å². The van der Waals surface area contributed by atoms with E-state index in [1.165, 1.54) is 0 Å². The average molecular weight is 270 g/mol. The normalized spacial score (nSPS) is 17.9. The van der Waals surface area contributed by atoms with E-state index in [4.69, 9.17) is 5.11 Å². The highest BCUT2D eigenvalue weighted by Crippen LogP contribution is 2.25. The number of carbonyl (C=O) groups is 2. The lowest BCUT2D eigenvalue weighted by molar-refractivity contribution is -0.141. The lowest BCUT2D eigenvalue weighted by Crippen LogP contribution is -2.51. The zero-order valence-electron chi connectivity index (χ0n) is 12.2. The van der Waals surface area contributed by atoms with Gasteiger partial charge in [0.25, 0.3) is 0 Å². The Kier molecular flexibility index (Phi) is 6.28. The van der Waals surface area contributed by atoms with Crippen LogP contribution in [-0.4, -0.2) is 47.1 Å². The van der Waals surface area contributed by atoms with Crippen LogP contribution in [0.5, 0.6) is 0 Å². The van der Waals surface area contributed by atoms with Crippen molar-refractivity contribution in [2.24, 2.45) is 5.92 Å². The SMILES string of the molecule is CC(C)CNC(=O)C(C)N(CC(=O)O)C1CCCC1. The molecule has 0 aliphatic heterocycles. The Morgan fingerprint density at radius 1 is 1.26 bits per heavy atom. The first-order valence-corrected chi connectivity index (χ1v) is 7.17. The number of rotatable bonds is 7. The Morgan fingerprint density at radius 2 is 1.84 bits per heavy atom. The van der Waals surface area contributed by atoms with Gasteiger partial charge in [0.05, 0.1) is 12.6 Å². The van der Waals surface area contributed by atoms with Crippen LogP contribution in [0.4, 0.5) is 0 Å².